The van der Waals surface area contributed by atoms with Gasteiger partial charge in [-0.15, -0.1) is 0 Å². The lowest BCUT2D eigenvalue weighted by Crippen LogP contribution is -2.01. The third-order valence-corrected chi connectivity index (χ3v) is 3.40. The fourth-order valence-corrected chi connectivity index (χ4v) is 2.28. The Kier molecular flexibility index (Phi) is 2.29. The van der Waals surface area contributed by atoms with Crippen LogP contribution in [0.25, 0.3) is 21.8 Å². The molecule has 0 spiro atoms. The highest BCUT2D eigenvalue weighted by Gasteiger charge is 2.07. The normalized spacial score (nSPS) is 12.1. The summed E-state index contributed by atoms with van der Waals surface area (Å²) in [4.78, 5) is 8.08. The van der Waals surface area contributed by atoms with E-state index in [1.165, 1.54) is 6.07 Å². The van der Waals surface area contributed by atoms with Gasteiger partial charge in [0.2, 0.25) is 0 Å². The Labute approximate surface area is 103 Å². The molecule has 0 N–H and O–H groups in total. The van der Waals surface area contributed by atoms with Crippen molar-refractivity contribution in [1.82, 2.24) is 9.97 Å². The van der Waals surface area contributed by atoms with E-state index in [0.29, 0.717) is 11.0 Å². The van der Waals surface area contributed by atoms with Gasteiger partial charge < -0.3 is 4.55 Å². The Morgan fingerprint density at radius 2 is 1.61 bits per heavy atom. The summed E-state index contributed by atoms with van der Waals surface area (Å²) in [6.07, 6.45) is 1.60. The van der Waals surface area contributed by atoms with Gasteiger partial charge in [-0.05, 0) is 18.2 Å². The summed E-state index contributed by atoms with van der Waals surface area (Å²) in [6.45, 7) is 0. The predicted octanol–water partition coefficient (Wildman–Crippen LogP) is 1.69. The number of rotatable bonds is 1. The van der Waals surface area contributed by atoms with E-state index in [1.807, 2.05) is 18.2 Å². The van der Waals surface area contributed by atoms with Gasteiger partial charge in [-0.25, -0.2) is 13.4 Å². The Hall–Kier alpha value is -2.05. The van der Waals surface area contributed by atoms with Crippen molar-refractivity contribution in [1.29, 1.82) is 0 Å². The number of nitrogens with zero attached hydrogens (tertiary/aromatic N) is 2. The molecule has 0 aliphatic carbocycles. The zero-order chi connectivity index (χ0) is 12.8. The third-order valence-electron chi connectivity index (χ3n) is 2.66. The molecule has 0 aliphatic rings. The molecule has 2 heterocycles. The SMILES string of the molecule is O=S(=O)([O-])c1ccc2ccc3cccnc3c2n1. The van der Waals surface area contributed by atoms with Crippen molar-refractivity contribution < 1.29 is 13.0 Å². The van der Waals surface area contributed by atoms with Crippen LogP contribution in [0.2, 0.25) is 0 Å². The largest absolute Gasteiger partial charge is 0.743 e. The van der Waals surface area contributed by atoms with Gasteiger partial charge in [0.1, 0.15) is 15.1 Å². The topological polar surface area (TPSA) is 83.0 Å². The van der Waals surface area contributed by atoms with Crippen LogP contribution in [0.5, 0.6) is 0 Å². The van der Waals surface area contributed by atoms with Gasteiger partial charge in [0, 0.05) is 17.0 Å². The second-order valence-corrected chi connectivity index (χ2v) is 5.14. The summed E-state index contributed by atoms with van der Waals surface area (Å²) in [6, 6.07) is 10.1. The van der Waals surface area contributed by atoms with E-state index in [-0.39, 0.29) is 0 Å². The summed E-state index contributed by atoms with van der Waals surface area (Å²) in [5.74, 6) is 0. The van der Waals surface area contributed by atoms with Crippen molar-refractivity contribution in [2.45, 2.75) is 5.03 Å². The average Bonchev–Trinajstić information content (AvgIpc) is 2.37. The van der Waals surface area contributed by atoms with Crippen molar-refractivity contribution >= 4 is 31.9 Å². The average molecular weight is 259 g/mol. The first-order chi connectivity index (χ1) is 8.55. The molecule has 0 atom stereocenters. The summed E-state index contributed by atoms with van der Waals surface area (Å²) in [5.41, 5.74) is 1.01. The lowest BCUT2D eigenvalue weighted by molar-refractivity contribution is 0.460. The predicted molar refractivity (Wildman–Crippen MR) is 65.0 cm³/mol. The van der Waals surface area contributed by atoms with Crippen LogP contribution in [0.15, 0.2) is 47.6 Å². The van der Waals surface area contributed by atoms with E-state index >= 15 is 0 Å². The molecule has 0 saturated carbocycles. The van der Waals surface area contributed by atoms with Crippen LogP contribution in [0.4, 0.5) is 0 Å². The zero-order valence-corrected chi connectivity index (χ0v) is 9.89. The van der Waals surface area contributed by atoms with E-state index in [0.717, 1.165) is 10.8 Å². The smallest absolute Gasteiger partial charge is 0.143 e. The Bertz CT molecular complexity index is 859. The molecule has 0 radical (unpaired) electrons. The number of pyridine rings is 2. The molecule has 90 valence electrons. The van der Waals surface area contributed by atoms with E-state index in [9.17, 15) is 13.0 Å². The standard InChI is InChI=1S/C12H8N2O3S/c15-18(16,17)10-6-5-9-4-3-8-2-1-7-13-11(8)12(9)14-10/h1-7H,(H,15,16,17)/p-1. The summed E-state index contributed by atoms with van der Waals surface area (Å²) >= 11 is 0. The number of aromatic nitrogens is 2. The third kappa shape index (κ3) is 1.71. The highest BCUT2D eigenvalue weighted by atomic mass is 32.2. The maximum Gasteiger partial charge on any atom is 0.143 e. The number of hydrogen-bond acceptors (Lipinski definition) is 5. The molecule has 0 bridgehead atoms. The maximum atomic E-state index is 11.0. The van der Waals surface area contributed by atoms with Crippen LogP contribution in [-0.2, 0) is 10.1 Å². The first kappa shape index (κ1) is 11.1. The number of fused-ring (bicyclic) bond motifs is 3. The van der Waals surface area contributed by atoms with Crippen molar-refractivity contribution in [2.75, 3.05) is 0 Å². The molecule has 6 heteroatoms. The van der Waals surface area contributed by atoms with Crippen LogP contribution in [0.3, 0.4) is 0 Å². The van der Waals surface area contributed by atoms with Gasteiger partial charge >= 0.3 is 0 Å². The second kappa shape index (κ2) is 3.72. The minimum absolute atomic E-state index is 0.421. The Morgan fingerprint density at radius 3 is 2.33 bits per heavy atom. The molecular formula is C12H7N2O3S-. The van der Waals surface area contributed by atoms with Crippen molar-refractivity contribution in [2.24, 2.45) is 0 Å². The van der Waals surface area contributed by atoms with E-state index < -0.39 is 15.1 Å². The minimum atomic E-state index is -4.55. The van der Waals surface area contributed by atoms with E-state index in [2.05, 4.69) is 9.97 Å². The maximum absolute atomic E-state index is 11.0. The van der Waals surface area contributed by atoms with Gasteiger partial charge in [0.05, 0.1) is 11.0 Å². The van der Waals surface area contributed by atoms with Crippen LogP contribution >= 0.6 is 0 Å². The molecule has 0 fully saturated rings. The van der Waals surface area contributed by atoms with Crippen molar-refractivity contribution in [3.05, 3.63) is 42.6 Å². The molecule has 3 rings (SSSR count). The number of benzene rings is 1. The van der Waals surface area contributed by atoms with Crippen LogP contribution < -0.4 is 0 Å². The van der Waals surface area contributed by atoms with Gasteiger partial charge in [0.25, 0.3) is 0 Å². The van der Waals surface area contributed by atoms with Crippen molar-refractivity contribution in [3.63, 3.8) is 0 Å². The molecule has 1 aromatic carbocycles. The molecular weight excluding hydrogens is 252 g/mol. The van der Waals surface area contributed by atoms with Gasteiger partial charge in [-0.1, -0.05) is 18.2 Å². The van der Waals surface area contributed by atoms with Gasteiger partial charge in [0.15, 0.2) is 0 Å². The fourth-order valence-electron chi connectivity index (χ4n) is 1.85. The van der Waals surface area contributed by atoms with Crippen molar-refractivity contribution in [3.8, 4) is 0 Å². The van der Waals surface area contributed by atoms with Crippen LogP contribution in [0, 0.1) is 0 Å². The van der Waals surface area contributed by atoms with E-state index in [4.69, 9.17) is 0 Å². The second-order valence-electron chi connectivity index (χ2n) is 3.82. The molecule has 0 aliphatic heterocycles. The molecule has 0 saturated heterocycles. The summed E-state index contributed by atoms with van der Waals surface area (Å²) < 4.78 is 32.9. The summed E-state index contributed by atoms with van der Waals surface area (Å²) in [5, 5.41) is 1.11. The summed E-state index contributed by atoms with van der Waals surface area (Å²) in [7, 11) is -4.55. The van der Waals surface area contributed by atoms with Gasteiger partial charge in [-0.2, -0.15) is 0 Å². The lowest BCUT2D eigenvalue weighted by Gasteiger charge is -2.08. The molecule has 2 aromatic heterocycles. The molecule has 0 amide bonds. The lowest BCUT2D eigenvalue weighted by atomic mass is 10.1. The van der Waals surface area contributed by atoms with E-state index in [1.54, 1.807) is 18.3 Å². The highest BCUT2D eigenvalue weighted by molar-refractivity contribution is 7.85. The first-order valence-corrected chi connectivity index (χ1v) is 6.57. The minimum Gasteiger partial charge on any atom is -0.743 e. The van der Waals surface area contributed by atoms with Crippen LogP contribution in [0.1, 0.15) is 0 Å². The first-order valence-electron chi connectivity index (χ1n) is 5.16. The molecule has 5 nitrogen and oxygen atoms in total. The molecule has 18 heavy (non-hydrogen) atoms. The fraction of sp³-hybridized carbons (Fsp3) is 0. The monoisotopic (exact) mass is 259 g/mol. The quantitative estimate of drug-likeness (QED) is 0.490. The molecule has 0 unspecified atom stereocenters. The zero-order valence-electron chi connectivity index (χ0n) is 9.07. The Balaban J connectivity index is 2.48. The van der Waals surface area contributed by atoms with Crippen LogP contribution in [-0.4, -0.2) is 22.9 Å². The highest BCUT2D eigenvalue weighted by Crippen LogP contribution is 2.23. The number of hydrogen-bond donors (Lipinski definition) is 0. The van der Waals surface area contributed by atoms with Gasteiger partial charge in [-0.3, -0.25) is 4.98 Å². The Morgan fingerprint density at radius 1 is 0.944 bits per heavy atom. The molecule has 3 aromatic rings.